The molecule has 0 aromatic carbocycles. The summed E-state index contributed by atoms with van der Waals surface area (Å²) < 4.78 is 3.32. The monoisotopic (exact) mass is 327 g/mol. The lowest BCUT2D eigenvalue weighted by Crippen LogP contribution is -2.21. The lowest BCUT2D eigenvalue weighted by Gasteiger charge is -2.05. The second-order valence-electron chi connectivity index (χ2n) is 6.01. The number of carbonyl (C=O) groups excluding carboxylic acids is 1. The molecule has 3 rings (SSSR count). The van der Waals surface area contributed by atoms with Crippen molar-refractivity contribution in [3.8, 4) is 6.07 Å². The zero-order valence-electron chi connectivity index (χ0n) is 13.7. The van der Waals surface area contributed by atoms with E-state index in [0.717, 1.165) is 5.69 Å². The first-order valence-electron chi connectivity index (χ1n) is 8.18. The number of nitrogens with zero attached hydrogens (tertiary/aromatic N) is 5. The van der Waals surface area contributed by atoms with Crippen molar-refractivity contribution < 1.29 is 4.79 Å². The third kappa shape index (κ3) is 3.74. The van der Waals surface area contributed by atoms with Gasteiger partial charge in [-0.15, -0.1) is 0 Å². The van der Waals surface area contributed by atoms with Gasteiger partial charge in [-0.1, -0.05) is 12.8 Å². The zero-order chi connectivity index (χ0) is 16.9. The number of carbonyl (C=O) groups is 1. The summed E-state index contributed by atoms with van der Waals surface area (Å²) in [5.41, 5.74) is 1.05. The van der Waals surface area contributed by atoms with Gasteiger partial charge >= 0.3 is 6.03 Å². The van der Waals surface area contributed by atoms with Gasteiger partial charge in [0.25, 0.3) is 0 Å². The molecule has 8 nitrogen and oxygen atoms in total. The van der Waals surface area contributed by atoms with Crippen LogP contribution in [-0.4, -0.2) is 25.6 Å². The number of hydrogen-bond donors (Lipinski definition) is 2. The third-order valence-electron chi connectivity index (χ3n) is 4.25. The van der Waals surface area contributed by atoms with Crippen LogP contribution in [0.25, 0.3) is 0 Å². The van der Waals surface area contributed by atoms with Crippen LogP contribution in [0.1, 0.15) is 43.7 Å². The van der Waals surface area contributed by atoms with E-state index in [2.05, 4.69) is 26.9 Å². The number of aryl methyl sites for hydroxylation is 2. The number of aromatic nitrogens is 4. The van der Waals surface area contributed by atoms with Gasteiger partial charge in [-0.25, -0.2) is 4.79 Å². The topological polar surface area (TPSA) is 101 Å². The van der Waals surface area contributed by atoms with E-state index in [-0.39, 0.29) is 6.03 Å². The molecule has 2 N–H and O–H groups in total. The van der Waals surface area contributed by atoms with E-state index in [1.165, 1.54) is 25.7 Å². The molecule has 1 aliphatic carbocycles. The largest absolute Gasteiger partial charge is 0.326 e. The molecule has 1 aliphatic rings. The van der Waals surface area contributed by atoms with Gasteiger partial charge in [-0.05, 0) is 12.8 Å². The maximum absolute atomic E-state index is 12.1. The Hall–Kier alpha value is -2.82. The minimum absolute atomic E-state index is 0.360. The molecule has 0 spiro atoms. The molecule has 2 aromatic rings. The summed E-state index contributed by atoms with van der Waals surface area (Å²) in [7, 11) is 1.82. The highest BCUT2D eigenvalue weighted by molar-refractivity contribution is 5.98. The average Bonchev–Trinajstić information content (AvgIpc) is 3.28. The first-order valence-corrected chi connectivity index (χ1v) is 8.18. The van der Waals surface area contributed by atoms with E-state index in [9.17, 15) is 4.79 Å². The molecule has 8 heteroatoms. The number of anilines is 2. The highest BCUT2D eigenvalue weighted by Gasteiger charge is 2.21. The van der Waals surface area contributed by atoms with Crippen LogP contribution in [0.15, 0.2) is 18.3 Å². The number of amides is 2. The van der Waals surface area contributed by atoms with Crippen LogP contribution in [0.5, 0.6) is 0 Å². The van der Waals surface area contributed by atoms with Gasteiger partial charge in [-0.3, -0.25) is 20.0 Å². The maximum Gasteiger partial charge on any atom is 0.326 e. The molecule has 0 aliphatic heterocycles. The molecule has 0 saturated heterocycles. The predicted molar refractivity (Wildman–Crippen MR) is 89.5 cm³/mol. The minimum atomic E-state index is -0.360. The van der Waals surface area contributed by atoms with Crippen molar-refractivity contribution in [2.45, 2.75) is 44.6 Å². The Morgan fingerprint density at radius 2 is 2.17 bits per heavy atom. The Morgan fingerprint density at radius 1 is 1.38 bits per heavy atom. The molecule has 2 amide bonds. The summed E-state index contributed by atoms with van der Waals surface area (Å²) in [5.74, 6) is 1.62. The molecule has 2 aromatic heterocycles. The number of nitriles is 1. The smallest absolute Gasteiger partial charge is 0.292 e. The van der Waals surface area contributed by atoms with E-state index < -0.39 is 0 Å². The number of hydrogen-bond acceptors (Lipinski definition) is 4. The Balaban J connectivity index is 1.58. The molecule has 126 valence electrons. The fourth-order valence-electron chi connectivity index (χ4n) is 3.01. The Labute approximate surface area is 140 Å². The fourth-order valence-corrected chi connectivity index (χ4v) is 3.01. The van der Waals surface area contributed by atoms with Crippen molar-refractivity contribution >= 4 is 17.7 Å². The quantitative estimate of drug-likeness (QED) is 0.881. The van der Waals surface area contributed by atoms with Crippen LogP contribution in [-0.2, 0) is 13.6 Å². The van der Waals surface area contributed by atoms with Gasteiger partial charge in [0.05, 0.1) is 24.7 Å². The molecule has 0 bridgehead atoms. The second-order valence-corrected chi connectivity index (χ2v) is 6.01. The van der Waals surface area contributed by atoms with Gasteiger partial charge in [0.2, 0.25) is 0 Å². The van der Waals surface area contributed by atoms with Gasteiger partial charge in [0.1, 0.15) is 5.82 Å². The lowest BCUT2D eigenvalue weighted by molar-refractivity contribution is 0.262. The van der Waals surface area contributed by atoms with Gasteiger partial charge in [0.15, 0.2) is 5.82 Å². The molecular weight excluding hydrogens is 306 g/mol. The SMILES string of the molecule is Cn1nc(C2CCCC2)cc1NC(=O)Nc1ccn(CCC#N)n1. The Morgan fingerprint density at radius 3 is 2.92 bits per heavy atom. The molecular formula is C16H21N7O. The standard InChI is InChI=1S/C16H21N7O/c1-22-15(11-13(20-22)12-5-2-3-6-12)19-16(24)18-14-7-10-23(21-14)9-4-8-17/h7,10-12H,2-6,9H2,1H3,(H2,18,19,21,24). The third-order valence-corrected chi connectivity index (χ3v) is 4.25. The molecule has 24 heavy (non-hydrogen) atoms. The van der Waals surface area contributed by atoms with Crippen molar-refractivity contribution in [2.75, 3.05) is 10.6 Å². The van der Waals surface area contributed by atoms with Crippen molar-refractivity contribution in [3.63, 3.8) is 0 Å². The van der Waals surface area contributed by atoms with E-state index in [1.807, 2.05) is 13.1 Å². The Kier molecular flexibility index (Phi) is 4.79. The number of rotatable bonds is 5. The minimum Gasteiger partial charge on any atom is -0.292 e. The maximum atomic E-state index is 12.1. The van der Waals surface area contributed by atoms with E-state index >= 15 is 0 Å². The first-order chi connectivity index (χ1) is 11.7. The average molecular weight is 327 g/mol. The number of nitrogens with one attached hydrogen (secondary N) is 2. The molecule has 1 fully saturated rings. The highest BCUT2D eigenvalue weighted by Crippen LogP contribution is 2.34. The summed E-state index contributed by atoms with van der Waals surface area (Å²) in [5, 5.41) is 22.8. The normalized spacial score (nSPS) is 14.5. The van der Waals surface area contributed by atoms with Crippen LogP contribution in [0.2, 0.25) is 0 Å². The second kappa shape index (κ2) is 7.17. The van der Waals surface area contributed by atoms with Crippen LogP contribution < -0.4 is 10.6 Å². The van der Waals surface area contributed by atoms with Crippen molar-refractivity contribution in [2.24, 2.45) is 7.05 Å². The summed E-state index contributed by atoms with van der Waals surface area (Å²) in [6.45, 7) is 0.506. The lowest BCUT2D eigenvalue weighted by atomic mass is 10.0. The van der Waals surface area contributed by atoms with E-state index in [1.54, 1.807) is 21.6 Å². The number of urea groups is 1. The molecule has 1 saturated carbocycles. The fraction of sp³-hybridized carbons (Fsp3) is 0.500. The summed E-state index contributed by atoms with van der Waals surface area (Å²) in [4.78, 5) is 12.1. The van der Waals surface area contributed by atoms with Crippen LogP contribution in [0.4, 0.5) is 16.4 Å². The van der Waals surface area contributed by atoms with Gasteiger partial charge < -0.3 is 0 Å². The first kappa shape index (κ1) is 16.1. The van der Waals surface area contributed by atoms with E-state index in [4.69, 9.17) is 5.26 Å². The van der Waals surface area contributed by atoms with Gasteiger partial charge in [-0.2, -0.15) is 15.5 Å². The summed E-state index contributed by atoms with van der Waals surface area (Å²) in [6, 6.07) is 5.34. The summed E-state index contributed by atoms with van der Waals surface area (Å²) >= 11 is 0. The Bertz CT molecular complexity index is 749. The predicted octanol–water partition coefficient (Wildman–Crippen LogP) is 2.83. The van der Waals surface area contributed by atoms with Crippen molar-refractivity contribution in [1.29, 1.82) is 5.26 Å². The van der Waals surface area contributed by atoms with Gasteiger partial charge in [0, 0.05) is 31.3 Å². The van der Waals surface area contributed by atoms with Crippen LogP contribution in [0, 0.1) is 11.3 Å². The zero-order valence-corrected chi connectivity index (χ0v) is 13.7. The van der Waals surface area contributed by atoms with E-state index in [0.29, 0.717) is 30.5 Å². The molecule has 2 heterocycles. The van der Waals surface area contributed by atoms with Crippen LogP contribution >= 0.6 is 0 Å². The molecule has 0 unspecified atom stereocenters. The van der Waals surface area contributed by atoms with Crippen LogP contribution in [0.3, 0.4) is 0 Å². The molecule has 0 radical (unpaired) electrons. The van der Waals surface area contributed by atoms with Crippen molar-refractivity contribution in [1.82, 2.24) is 19.6 Å². The van der Waals surface area contributed by atoms with Crippen molar-refractivity contribution in [3.05, 3.63) is 24.0 Å². The summed E-state index contributed by atoms with van der Waals surface area (Å²) in [6.07, 6.45) is 6.95. The molecule has 0 atom stereocenters. The highest BCUT2D eigenvalue weighted by atomic mass is 16.2.